The van der Waals surface area contributed by atoms with Crippen LogP contribution in [0.5, 0.6) is 0 Å². The summed E-state index contributed by atoms with van der Waals surface area (Å²) >= 11 is 15.8. The van der Waals surface area contributed by atoms with E-state index in [0.717, 1.165) is 23.2 Å². The fourth-order valence-electron chi connectivity index (χ4n) is 3.13. The van der Waals surface area contributed by atoms with Crippen LogP contribution in [0.2, 0.25) is 10.0 Å². The zero-order valence-electron chi connectivity index (χ0n) is 15.3. The van der Waals surface area contributed by atoms with E-state index in [1.807, 2.05) is 18.2 Å². The standard InChI is InChI=1S/C21H17BrCl2N2O3/c22-16-12-14(2-4-18(16)26-7-9-28-10-8-26)25-21(27)20-6-5-19(29-20)15-11-13(23)1-3-17(15)24/h1-6,11-12H,7-10H2,(H,25,27). The first-order chi connectivity index (χ1) is 14.0. The summed E-state index contributed by atoms with van der Waals surface area (Å²) in [6.07, 6.45) is 0. The van der Waals surface area contributed by atoms with E-state index in [4.69, 9.17) is 32.4 Å². The van der Waals surface area contributed by atoms with Gasteiger partial charge in [-0.15, -0.1) is 0 Å². The zero-order valence-corrected chi connectivity index (χ0v) is 18.4. The maximum absolute atomic E-state index is 12.6. The number of amides is 1. The highest BCUT2D eigenvalue weighted by Crippen LogP contribution is 2.33. The minimum absolute atomic E-state index is 0.185. The van der Waals surface area contributed by atoms with Gasteiger partial charge in [0, 0.05) is 33.8 Å². The minimum Gasteiger partial charge on any atom is -0.451 e. The van der Waals surface area contributed by atoms with Crippen molar-refractivity contribution in [2.24, 2.45) is 0 Å². The molecule has 1 amide bonds. The van der Waals surface area contributed by atoms with Crippen LogP contribution in [0, 0.1) is 0 Å². The first kappa shape index (κ1) is 20.3. The third kappa shape index (κ3) is 4.61. The molecule has 3 aromatic rings. The maximum atomic E-state index is 12.6. The Bertz CT molecular complexity index is 1050. The highest BCUT2D eigenvalue weighted by Gasteiger charge is 2.17. The molecule has 8 heteroatoms. The molecule has 29 heavy (non-hydrogen) atoms. The number of nitrogens with zero attached hydrogens (tertiary/aromatic N) is 1. The number of benzene rings is 2. The number of halogens is 3. The molecule has 0 unspecified atom stereocenters. The molecule has 1 aliphatic rings. The van der Waals surface area contributed by atoms with E-state index in [9.17, 15) is 4.79 Å². The highest BCUT2D eigenvalue weighted by molar-refractivity contribution is 9.10. The number of anilines is 2. The van der Waals surface area contributed by atoms with Gasteiger partial charge >= 0.3 is 0 Å². The van der Waals surface area contributed by atoms with Gasteiger partial charge in [0.05, 0.1) is 23.9 Å². The van der Waals surface area contributed by atoms with E-state index in [0.29, 0.717) is 40.3 Å². The van der Waals surface area contributed by atoms with Crippen molar-refractivity contribution in [3.8, 4) is 11.3 Å². The lowest BCUT2D eigenvalue weighted by Gasteiger charge is -2.29. The Morgan fingerprint density at radius 1 is 1.03 bits per heavy atom. The Morgan fingerprint density at radius 3 is 2.59 bits per heavy atom. The SMILES string of the molecule is O=C(Nc1ccc(N2CCOCC2)c(Br)c1)c1ccc(-c2cc(Cl)ccc2Cl)o1. The highest BCUT2D eigenvalue weighted by atomic mass is 79.9. The van der Waals surface area contributed by atoms with Crippen LogP contribution in [0.1, 0.15) is 10.6 Å². The Balaban J connectivity index is 1.49. The predicted octanol–water partition coefficient (Wildman–Crippen LogP) is 6.10. The van der Waals surface area contributed by atoms with Gasteiger partial charge in [-0.2, -0.15) is 0 Å². The van der Waals surface area contributed by atoms with Crippen LogP contribution in [0.15, 0.2) is 57.4 Å². The summed E-state index contributed by atoms with van der Waals surface area (Å²) < 4.78 is 12.0. The molecule has 1 N–H and O–H groups in total. The molecule has 150 valence electrons. The third-order valence-electron chi connectivity index (χ3n) is 4.58. The van der Waals surface area contributed by atoms with Crippen molar-refractivity contribution in [1.82, 2.24) is 0 Å². The normalized spacial score (nSPS) is 14.1. The number of carbonyl (C=O) groups is 1. The van der Waals surface area contributed by atoms with Crippen molar-refractivity contribution in [2.45, 2.75) is 0 Å². The number of rotatable bonds is 4. The maximum Gasteiger partial charge on any atom is 0.291 e. The zero-order chi connectivity index (χ0) is 20.4. The summed E-state index contributed by atoms with van der Waals surface area (Å²) in [4.78, 5) is 14.8. The summed E-state index contributed by atoms with van der Waals surface area (Å²) in [7, 11) is 0. The molecular weight excluding hydrogens is 479 g/mol. The van der Waals surface area contributed by atoms with Gasteiger partial charge < -0.3 is 19.4 Å². The van der Waals surface area contributed by atoms with E-state index in [2.05, 4.69) is 26.1 Å². The van der Waals surface area contributed by atoms with Gasteiger partial charge in [-0.05, 0) is 64.5 Å². The minimum atomic E-state index is -0.347. The topological polar surface area (TPSA) is 54.7 Å². The number of hydrogen-bond donors (Lipinski definition) is 1. The quantitative estimate of drug-likeness (QED) is 0.474. The predicted molar refractivity (Wildman–Crippen MR) is 119 cm³/mol. The fraction of sp³-hybridized carbons (Fsp3) is 0.190. The largest absolute Gasteiger partial charge is 0.451 e. The van der Waals surface area contributed by atoms with Crippen LogP contribution in [0.25, 0.3) is 11.3 Å². The molecule has 0 atom stereocenters. The molecule has 1 fully saturated rings. The number of hydrogen-bond acceptors (Lipinski definition) is 4. The van der Waals surface area contributed by atoms with Crippen molar-refractivity contribution in [1.29, 1.82) is 0 Å². The van der Waals surface area contributed by atoms with E-state index in [1.54, 1.807) is 30.3 Å². The van der Waals surface area contributed by atoms with Gasteiger partial charge in [-0.1, -0.05) is 23.2 Å². The number of ether oxygens (including phenoxy) is 1. The first-order valence-corrected chi connectivity index (χ1v) is 10.5. The van der Waals surface area contributed by atoms with Gasteiger partial charge in [-0.25, -0.2) is 0 Å². The van der Waals surface area contributed by atoms with Crippen LogP contribution in [0.3, 0.4) is 0 Å². The molecule has 5 nitrogen and oxygen atoms in total. The lowest BCUT2D eigenvalue weighted by Crippen LogP contribution is -2.36. The molecule has 0 aliphatic carbocycles. The van der Waals surface area contributed by atoms with Crippen LogP contribution in [0.4, 0.5) is 11.4 Å². The van der Waals surface area contributed by atoms with Crippen LogP contribution >= 0.6 is 39.1 Å². The first-order valence-electron chi connectivity index (χ1n) is 9.00. The molecule has 0 bridgehead atoms. The summed E-state index contributed by atoms with van der Waals surface area (Å²) in [5, 5.41) is 3.89. The van der Waals surface area contributed by atoms with Gasteiger partial charge in [0.1, 0.15) is 5.76 Å². The average molecular weight is 496 g/mol. The molecule has 0 saturated carbocycles. The summed E-state index contributed by atoms with van der Waals surface area (Å²) in [6, 6.07) is 14.1. The molecule has 2 aromatic carbocycles. The van der Waals surface area contributed by atoms with Crippen LogP contribution in [-0.4, -0.2) is 32.2 Å². The number of carbonyl (C=O) groups excluding carboxylic acids is 1. The van der Waals surface area contributed by atoms with E-state index < -0.39 is 0 Å². The van der Waals surface area contributed by atoms with Gasteiger partial charge in [0.2, 0.25) is 0 Å². The molecule has 4 rings (SSSR count). The average Bonchev–Trinajstić information content (AvgIpc) is 3.21. The van der Waals surface area contributed by atoms with Crippen molar-refractivity contribution in [2.75, 3.05) is 36.5 Å². The Labute approximate surface area is 186 Å². The molecule has 1 saturated heterocycles. The molecule has 1 aliphatic heterocycles. The Hall–Kier alpha value is -1.99. The van der Waals surface area contributed by atoms with Crippen LogP contribution < -0.4 is 10.2 Å². The second kappa shape index (κ2) is 8.79. The lowest BCUT2D eigenvalue weighted by atomic mass is 10.2. The smallest absolute Gasteiger partial charge is 0.291 e. The molecule has 2 heterocycles. The van der Waals surface area contributed by atoms with Crippen molar-refractivity contribution < 1.29 is 13.9 Å². The number of furan rings is 1. The summed E-state index contributed by atoms with van der Waals surface area (Å²) in [5.41, 5.74) is 2.37. The van der Waals surface area contributed by atoms with E-state index in [1.165, 1.54) is 0 Å². The van der Waals surface area contributed by atoms with Gasteiger partial charge in [0.25, 0.3) is 5.91 Å². The van der Waals surface area contributed by atoms with E-state index >= 15 is 0 Å². The van der Waals surface area contributed by atoms with Crippen molar-refractivity contribution in [3.05, 3.63) is 68.8 Å². The van der Waals surface area contributed by atoms with Crippen molar-refractivity contribution in [3.63, 3.8) is 0 Å². The Morgan fingerprint density at radius 2 is 1.83 bits per heavy atom. The number of nitrogens with one attached hydrogen (secondary N) is 1. The van der Waals surface area contributed by atoms with Gasteiger partial charge in [-0.3, -0.25) is 4.79 Å². The second-order valence-electron chi connectivity index (χ2n) is 6.51. The molecule has 1 aromatic heterocycles. The Kier molecular flexibility index (Phi) is 6.15. The third-order valence-corrected chi connectivity index (χ3v) is 5.78. The fourth-order valence-corrected chi connectivity index (χ4v) is 4.14. The van der Waals surface area contributed by atoms with E-state index in [-0.39, 0.29) is 11.7 Å². The number of morpholine rings is 1. The van der Waals surface area contributed by atoms with Crippen molar-refractivity contribution >= 4 is 56.4 Å². The lowest BCUT2D eigenvalue weighted by molar-refractivity contribution is 0.0997. The summed E-state index contributed by atoms with van der Waals surface area (Å²) in [5.74, 6) is 0.316. The molecule has 0 radical (unpaired) electrons. The monoisotopic (exact) mass is 494 g/mol. The second-order valence-corrected chi connectivity index (χ2v) is 8.21. The van der Waals surface area contributed by atoms with Crippen LogP contribution in [-0.2, 0) is 4.74 Å². The summed E-state index contributed by atoms with van der Waals surface area (Å²) in [6.45, 7) is 3.10. The molecule has 0 spiro atoms. The van der Waals surface area contributed by atoms with Gasteiger partial charge in [0.15, 0.2) is 5.76 Å². The molecular formula is C21H17BrCl2N2O3.